The number of nitrogens with zero attached hydrogens (tertiary/aromatic N) is 1. The van der Waals surface area contributed by atoms with Crippen LogP contribution in [0.15, 0.2) is 12.2 Å². The van der Waals surface area contributed by atoms with E-state index in [4.69, 9.17) is 4.74 Å². The van der Waals surface area contributed by atoms with Crippen LogP contribution in [0.1, 0.15) is 19.3 Å². The Bertz CT molecular complexity index is 305. The fourth-order valence-corrected chi connectivity index (χ4v) is 2.03. The Morgan fingerprint density at radius 2 is 2.00 bits per heavy atom. The van der Waals surface area contributed by atoms with E-state index in [1.807, 2.05) is 0 Å². The highest BCUT2D eigenvalue weighted by atomic mass is 16.5. The molecule has 2 amide bonds. The van der Waals surface area contributed by atoms with Gasteiger partial charge in [0.25, 0.3) is 5.91 Å². The first kappa shape index (κ1) is 10.4. The van der Waals surface area contributed by atoms with Gasteiger partial charge in [0.15, 0.2) is 0 Å². The van der Waals surface area contributed by atoms with Crippen molar-refractivity contribution in [3.05, 3.63) is 12.2 Å². The number of amides is 2. The first-order chi connectivity index (χ1) is 7.18. The highest BCUT2D eigenvalue weighted by molar-refractivity contribution is 6.12. The van der Waals surface area contributed by atoms with E-state index in [9.17, 15) is 9.59 Å². The van der Waals surface area contributed by atoms with Gasteiger partial charge in [0.05, 0.1) is 6.42 Å². The van der Waals surface area contributed by atoms with E-state index in [2.05, 4.69) is 6.58 Å². The van der Waals surface area contributed by atoms with Crippen molar-refractivity contribution >= 4 is 11.8 Å². The molecule has 2 fully saturated rings. The van der Waals surface area contributed by atoms with Crippen molar-refractivity contribution in [2.75, 3.05) is 19.8 Å². The summed E-state index contributed by atoms with van der Waals surface area (Å²) in [6, 6.07) is 0. The molecule has 82 valence electrons. The van der Waals surface area contributed by atoms with Crippen LogP contribution in [0.4, 0.5) is 0 Å². The monoisotopic (exact) mass is 209 g/mol. The number of imide groups is 1. The van der Waals surface area contributed by atoms with Crippen LogP contribution >= 0.6 is 0 Å². The summed E-state index contributed by atoms with van der Waals surface area (Å²) in [6.45, 7) is 5.61. The molecule has 0 spiro atoms. The summed E-state index contributed by atoms with van der Waals surface area (Å²) < 4.78 is 5.23. The van der Waals surface area contributed by atoms with Crippen molar-refractivity contribution in [2.45, 2.75) is 19.3 Å². The van der Waals surface area contributed by atoms with Crippen LogP contribution in [0.25, 0.3) is 0 Å². The molecule has 0 aromatic heterocycles. The Kier molecular flexibility index (Phi) is 2.86. The number of hydrogen-bond donors (Lipinski definition) is 0. The zero-order chi connectivity index (χ0) is 10.8. The molecule has 0 bridgehead atoms. The van der Waals surface area contributed by atoms with E-state index < -0.39 is 0 Å². The second kappa shape index (κ2) is 4.14. The van der Waals surface area contributed by atoms with Crippen molar-refractivity contribution in [2.24, 2.45) is 5.92 Å². The van der Waals surface area contributed by atoms with Gasteiger partial charge in [-0.05, 0) is 18.8 Å². The largest absolute Gasteiger partial charge is 0.381 e. The third kappa shape index (κ3) is 2.09. The molecule has 0 radical (unpaired) electrons. The van der Waals surface area contributed by atoms with Gasteiger partial charge in [0.2, 0.25) is 5.91 Å². The van der Waals surface area contributed by atoms with Crippen molar-refractivity contribution in [3.63, 3.8) is 0 Å². The van der Waals surface area contributed by atoms with Crippen LogP contribution < -0.4 is 0 Å². The molecule has 0 unspecified atom stereocenters. The summed E-state index contributed by atoms with van der Waals surface area (Å²) in [4.78, 5) is 24.4. The maximum absolute atomic E-state index is 11.6. The minimum atomic E-state index is -0.188. The molecule has 2 aliphatic heterocycles. The number of likely N-dealkylation sites (tertiary alicyclic amines) is 1. The van der Waals surface area contributed by atoms with Crippen molar-refractivity contribution in [3.8, 4) is 0 Å². The molecule has 2 saturated heterocycles. The zero-order valence-electron chi connectivity index (χ0n) is 8.70. The van der Waals surface area contributed by atoms with Gasteiger partial charge < -0.3 is 4.74 Å². The SMILES string of the molecule is C=C1CC(=O)N(CC2CCOCC2)C1=O. The average Bonchev–Trinajstić information content (AvgIpc) is 2.47. The van der Waals surface area contributed by atoms with Crippen molar-refractivity contribution in [1.82, 2.24) is 4.90 Å². The smallest absolute Gasteiger partial charge is 0.256 e. The van der Waals surface area contributed by atoms with Gasteiger partial charge in [-0.2, -0.15) is 0 Å². The molecular formula is C11H15NO3. The van der Waals surface area contributed by atoms with E-state index in [1.165, 1.54) is 4.90 Å². The fraction of sp³-hybridized carbons (Fsp3) is 0.636. The minimum absolute atomic E-state index is 0.100. The van der Waals surface area contributed by atoms with E-state index in [1.54, 1.807) is 0 Å². The van der Waals surface area contributed by atoms with Gasteiger partial charge in [-0.3, -0.25) is 14.5 Å². The van der Waals surface area contributed by atoms with E-state index in [0.717, 1.165) is 26.1 Å². The summed E-state index contributed by atoms with van der Waals surface area (Å²) in [5, 5.41) is 0. The van der Waals surface area contributed by atoms with Gasteiger partial charge >= 0.3 is 0 Å². The molecule has 0 atom stereocenters. The molecule has 2 aliphatic rings. The van der Waals surface area contributed by atoms with Gasteiger partial charge in [0, 0.05) is 25.3 Å². The lowest BCUT2D eigenvalue weighted by molar-refractivity contribution is -0.138. The second-order valence-corrected chi connectivity index (χ2v) is 4.15. The summed E-state index contributed by atoms with van der Waals surface area (Å²) in [5.74, 6) is 0.112. The Morgan fingerprint density at radius 3 is 2.53 bits per heavy atom. The first-order valence-corrected chi connectivity index (χ1v) is 5.28. The van der Waals surface area contributed by atoms with Gasteiger partial charge in [-0.15, -0.1) is 0 Å². The Balaban J connectivity index is 1.95. The number of carbonyl (C=O) groups excluding carboxylic acids is 2. The molecular weight excluding hydrogens is 194 g/mol. The summed E-state index contributed by atoms with van der Waals surface area (Å²) >= 11 is 0. The highest BCUT2D eigenvalue weighted by Gasteiger charge is 2.34. The molecule has 0 N–H and O–H groups in total. The normalized spacial score (nSPS) is 24.0. The highest BCUT2D eigenvalue weighted by Crippen LogP contribution is 2.22. The standard InChI is InChI=1S/C11H15NO3/c1-8-6-10(13)12(11(8)14)7-9-2-4-15-5-3-9/h9H,1-7H2. The average molecular weight is 209 g/mol. The van der Waals surface area contributed by atoms with Crippen LogP contribution in [0.2, 0.25) is 0 Å². The second-order valence-electron chi connectivity index (χ2n) is 4.15. The topological polar surface area (TPSA) is 46.6 Å². The van der Waals surface area contributed by atoms with Crippen LogP contribution in [0, 0.1) is 5.92 Å². The molecule has 0 aliphatic carbocycles. The van der Waals surface area contributed by atoms with Crippen LogP contribution in [-0.2, 0) is 14.3 Å². The molecule has 0 saturated carbocycles. The van der Waals surface area contributed by atoms with Crippen LogP contribution in [-0.4, -0.2) is 36.5 Å². The maximum Gasteiger partial charge on any atom is 0.256 e. The number of carbonyl (C=O) groups is 2. The lowest BCUT2D eigenvalue weighted by atomic mass is 10.00. The molecule has 2 rings (SSSR count). The molecule has 2 heterocycles. The summed E-state index contributed by atoms with van der Waals surface area (Å²) in [5.41, 5.74) is 0.423. The minimum Gasteiger partial charge on any atom is -0.381 e. The number of rotatable bonds is 2. The fourth-order valence-electron chi connectivity index (χ4n) is 2.03. The van der Waals surface area contributed by atoms with Gasteiger partial charge in [-0.25, -0.2) is 0 Å². The van der Waals surface area contributed by atoms with E-state index in [0.29, 0.717) is 18.0 Å². The quantitative estimate of drug-likeness (QED) is 0.497. The van der Waals surface area contributed by atoms with Crippen molar-refractivity contribution in [1.29, 1.82) is 0 Å². The van der Waals surface area contributed by atoms with Gasteiger partial charge in [-0.1, -0.05) is 6.58 Å². The molecule has 4 nitrogen and oxygen atoms in total. The van der Waals surface area contributed by atoms with Crippen LogP contribution in [0.5, 0.6) is 0 Å². The van der Waals surface area contributed by atoms with E-state index in [-0.39, 0.29) is 18.2 Å². The lowest BCUT2D eigenvalue weighted by Crippen LogP contribution is -2.36. The summed E-state index contributed by atoms with van der Waals surface area (Å²) in [7, 11) is 0. The number of hydrogen-bond acceptors (Lipinski definition) is 3. The van der Waals surface area contributed by atoms with Crippen LogP contribution in [0.3, 0.4) is 0 Å². The third-order valence-electron chi connectivity index (χ3n) is 2.99. The molecule has 0 aromatic rings. The first-order valence-electron chi connectivity index (χ1n) is 5.28. The van der Waals surface area contributed by atoms with E-state index >= 15 is 0 Å². The Labute approximate surface area is 88.9 Å². The molecule has 15 heavy (non-hydrogen) atoms. The molecule has 0 aromatic carbocycles. The Morgan fingerprint density at radius 1 is 1.33 bits per heavy atom. The Hall–Kier alpha value is -1.16. The third-order valence-corrected chi connectivity index (χ3v) is 2.99. The summed E-state index contributed by atoms with van der Waals surface area (Å²) in [6.07, 6.45) is 2.06. The van der Waals surface area contributed by atoms with Gasteiger partial charge in [0.1, 0.15) is 0 Å². The maximum atomic E-state index is 11.6. The molecule has 4 heteroatoms. The number of ether oxygens (including phenoxy) is 1. The lowest BCUT2D eigenvalue weighted by Gasteiger charge is -2.25. The van der Waals surface area contributed by atoms with Crippen molar-refractivity contribution < 1.29 is 14.3 Å². The predicted octanol–water partition coefficient (Wildman–Crippen LogP) is 0.728. The zero-order valence-corrected chi connectivity index (χ0v) is 8.70. The predicted molar refractivity (Wildman–Crippen MR) is 54.0 cm³/mol.